The largest absolute Gasteiger partial charge is 0.481 e. The lowest BCUT2D eigenvalue weighted by Crippen LogP contribution is -2.38. The Bertz CT molecular complexity index is 314. The Balaban J connectivity index is 1.82. The summed E-state index contributed by atoms with van der Waals surface area (Å²) in [5.74, 6) is -0.399. The predicted molar refractivity (Wildman–Crippen MR) is 77.1 cm³/mol. The second kappa shape index (κ2) is 7.68. The summed E-state index contributed by atoms with van der Waals surface area (Å²) in [7, 11) is 0. The van der Waals surface area contributed by atoms with E-state index in [2.05, 4.69) is 17.5 Å². The van der Waals surface area contributed by atoms with Gasteiger partial charge in [0.2, 0.25) is 0 Å². The van der Waals surface area contributed by atoms with Gasteiger partial charge in [0, 0.05) is 6.04 Å². The van der Waals surface area contributed by atoms with Crippen LogP contribution in [0.15, 0.2) is 12.2 Å². The van der Waals surface area contributed by atoms with Gasteiger partial charge in [-0.1, -0.05) is 37.8 Å². The van der Waals surface area contributed by atoms with Gasteiger partial charge in [-0.15, -0.1) is 0 Å². The van der Waals surface area contributed by atoms with Crippen molar-refractivity contribution in [3.63, 3.8) is 0 Å². The summed E-state index contributed by atoms with van der Waals surface area (Å²) in [5.41, 5.74) is 0. The molecular formula is C16H27NO2. The molecule has 108 valence electrons. The van der Waals surface area contributed by atoms with Gasteiger partial charge >= 0.3 is 5.97 Å². The van der Waals surface area contributed by atoms with Crippen LogP contribution in [0.25, 0.3) is 0 Å². The molecule has 3 unspecified atom stereocenters. The van der Waals surface area contributed by atoms with Gasteiger partial charge in [0.15, 0.2) is 0 Å². The molecule has 2 aliphatic carbocycles. The zero-order chi connectivity index (χ0) is 13.5. The van der Waals surface area contributed by atoms with Crippen molar-refractivity contribution in [2.45, 2.75) is 63.8 Å². The summed E-state index contributed by atoms with van der Waals surface area (Å²) in [5, 5.41) is 12.9. The van der Waals surface area contributed by atoms with Crippen LogP contribution >= 0.6 is 0 Å². The smallest absolute Gasteiger partial charge is 0.306 e. The number of allylic oxidation sites excluding steroid dienone is 1. The lowest BCUT2D eigenvalue weighted by molar-refractivity contribution is -0.144. The number of rotatable bonds is 4. The zero-order valence-electron chi connectivity index (χ0n) is 11.8. The summed E-state index contributed by atoms with van der Waals surface area (Å²) in [4.78, 5) is 11.3. The molecule has 0 amide bonds. The molecule has 0 radical (unpaired) electrons. The van der Waals surface area contributed by atoms with E-state index < -0.39 is 5.97 Å². The van der Waals surface area contributed by atoms with Crippen molar-refractivity contribution in [2.24, 2.45) is 11.8 Å². The average molecular weight is 265 g/mol. The molecule has 0 aromatic heterocycles. The molecule has 0 bridgehead atoms. The predicted octanol–water partition coefficient (Wildman–Crippen LogP) is 3.36. The van der Waals surface area contributed by atoms with E-state index in [-0.39, 0.29) is 5.92 Å². The summed E-state index contributed by atoms with van der Waals surface area (Å²) < 4.78 is 0. The Morgan fingerprint density at radius 2 is 1.89 bits per heavy atom. The van der Waals surface area contributed by atoms with Gasteiger partial charge in [0.05, 0.1) is 5.92 Å². The Labute approximate surface area is 116 Å². The maximum atomic E-state index is 11.3. The third-order valence-corrected chi connectivity index (χ3v) is 4.62. The van der Waals surface area contributed by atoms with Crippen LogP contribution in [-0.4, -0.2) is 23.7 Å². The van der Waals surface area contributed by atoms with E-state index in [1.165, 1.54) is 38.5 Å². The number of carboxylic acid groups (broad SMARTS) is 1. The van der Waals surface area contributed by atoms with Gasteiger partial charge in [-0.2, -0.15) is 0 Å². The van der Waals surface area contributed by atoms with Gasteiger partial charge in [-0.25, -0.2) is 0 Å². The maximum Gasteiger partial charge on any atom is 0.306 e. The zero-order valence-corrected chi connectivity index (χ0v) is 11.8. The molecule has 0 aromatic rings. The van der Waals surface area contributed by atoms with Gasteiger partial charge in [-0.05, 0) is 44.6 Å². The second-order valence-electron chi connectivity index (χ2n) is 6.07. The van der Waals surface area contributed by atoms with Crippen molar-refractivity contribution in [1.29, 1.82) is 0 Å². The van der Waals surface area contributed by atoms with Crippen LogP contribution in [0, 0.1) is 11.8 Å². The molecule has 2 rings (SSSR count). The molecular weight excluding hydrogens is 238 g/mol. The molecule has 0 spiro atoms. The third kappa shape index (κ3) is 4.64. The highest BCUT2D eigenvalue weighted by atomic mass is 16.4. The lowest BCUT2D eigenvalue weighted by Gasteiger charge is -2.30. The molecule has 19 heavy (non-hydrogen) atoms. The molecule has 2 N–H and O–H groups in total. The Hall–Kier alpha value is -0.830. The SMILES string of the molecule is O=C(O)C1CCCCC1CNC1/C=C/CCCCC1. The van der Waals surface area contributed by atoms with Gasteiger partial charge in [0.1, 0.15) is 0 Å². The van der Waals surface area contributed by atoms with Crippen LogP contribution in [0.5, 0.6) is 0 Å². The normalized spacial score (nSPS) is 34.2. The summed E-state index contributed by atoms with van der Waals surface area (Å²) in [6.07, 6.45) is 15.1. The summed E-state index contributed by atoms with van der Waals surface area (Å²) >= 11 is 0. The molecule has 1 saturated carbocycles. The first kappa shape index (κ1) is 14.6. The lowest BCUT2D eigenvalue weighted by atomic mass is 9.79. The van der Waals surface area contributed by atoms with E-state index in [0.29, 0.717) is 12.0 Å². The number of hydrogen-bond acceptors (Lipinski definition) is 2. The fraction of sp³-hybridized carbons (Fsp3) is 0.812. The highest BCUT2D eigenvalue weighted by Gasteiger charge is 2.30. The Morgan fingerprint density at radius 1 is 1.11 bits per heavy atom. The van der Waals surface area contributed by atoms with Crippen molar-refractivity contribution >= 4 is 5.97 Å². The van der Waals surface area contributed by atoms with Gasteiger partial charge in [-0.3, -0.25) is 4.79 Å². The van der Waals surface area contributed by atoms with Gasteiger partial charge in [0.25, 0.3) is 0 Å². The fourth-order valence-corrected chi connectivity index (χ4v) is 3.41. The Morgan fingerprint density at radius 3 is 2.74 bits per heavy atom. The molecule has 0 saturated heterocycles. The van der Waals surface area contributed by atoms with E-state index in [4.69, 9.17) is 0 Å². The minimum Gasteiger partial charge on any atom is -0.481 e. The molecule has 3 atom stereocenters. The maximum absolute atomic E-state index is 11.3. The molecule has 1 fully saturated rings. The van der Waals surface area contributed by atoms with Crippen molar-refractivity contribution in [1.82, 2.24) is 5.32 Å². The molecule has 0 aromatic carbocycles. The van der Waals surface area contributed by atoms with Crippen LogP contribution in [0.3, 0.4) is 0 Å². The third-order valence-electron chi connectivity index (χ3n) is 4.62. The first-order valence-corrected chi connectivity index (χ1v) is 7.90. The quantitative estimate of drug-likeness (QED) is 0.766. The van der Waals surface area contributed by atoms with Crippen LogP contribution in [-0.2, 0) is 4.79 Å². The molecule has 0 aliphatic heterocycles. The molecule has 2 aliphatic rings. The first-order chi connectivity index (χ1) is 9.27. The van der Waals surface area contributed by atoms with Crippen LogP contribution < -0.4 is 5.32 Å². The minimum atomic E-state index is -0.597. The van der Waals surface area contributed by atoms with Crippen molar-refractivity contribution < 1.29 is 9.90 Å². The average Bonchev–Trinajstić information content (AvgIpc) is 2.37. The van der Waals surface area contributed by atoms with E-state index in [0.717, 1.165) is 25.8 Å². The molecule has 3 nitrogen and oxygen atoms in total. The fourth-order valence-electron chi connectivity index (χ4n) is 3.41. The topological polar surface area (TPSA) is 49.3 Å². The van der Waals surface area contributed by atoms with Crippen LogP contribution in [0.2, 0.25) is 0 Å². The minimum absolute atomic E-state index is 0.126. The molecule has 0 heterocycles. The second-order valence-corrected chi connectivity index (χ2v) is 6.07. The first-order valence-electron chi connectivity index (χ1n) is 7.90. The number of carbonyl (C=O) groups is 1. The van der Waals surface area contributed by atoms with Crippen LogP contribution in [0.1, 0.15) is 57.8 Å². The van der Waals surface area contributed by atoms with Crippen molar-refractivity contribution in [3.8, 4) is 0 Å². The van der Waals surface area contributed by atoms with Crippen molar-refractivity contribution in [3.05, 3.63) is 12.2 Å². The van der Waals surface area contributed by atoms with E-state index in [9.17, 15) is 9.90 Å². The number of nitrogens with one attached hydrogen (secondary N) is 1. The number of carboxylic acids is 1. The highest BCUT2D eigenvalue weighted by Crippen LogP contribution is 2.30. The highest BCUT2D eigenvalue weighted by molar-refractivity contribution is 5.70. The monoisotopic (exact) mass is 265 g/mol. The standard InChI is InChI=1S/C16H27NO2/c18-16(19)15-11-7-6-8-13(15)12-17-14-9-4-2-1-3-5-10-14/h4,9,13-15,17H,1-3,5-8,10-12H2,(H,18,19)/b9-4+. The van der Waals surface area contributed by atoms with E-state index in [1.807, 2.05) is 0 Å². The number of aliphatic carboxylic acids is 1. The number of hydrogen-bond donors (Lipinski definition) is 2. The van der Waals surface area contributed by atoms with Gasteiger partial charge < -0.3 is 10.4 Å². The molecule has 3 heteroatoms. The Kier molecular flexibility index (Phi) is 5.90. The van der Waals surface area contributed by atoms with E-state index in [1.54, 1.807) is 0 Å². The summed E-state index contributed by atoms with van der Waals surface area (Å²) in [6, 6.07) is 0.455. The summed E-state index contributed by atoms with van der Waals surface area (Å²) in [6.45, 7) is 0.867. The van der Waals surface area contributed by atoms with Crippen LogP contribution in [0.4, 0.5) is 0 Å². The van der Waals surface area contributed by atoms with Crippen molar-refractivity contribution in [2.75, 3.05) is 6.54 Å². The van der Waals surface area contributed by atoms with E-state index >= 15 is 0 Å².